The molecule has 0 spiro atoms. The highest BCUT2D eigenvalue weighted by Gasteiger charge is 2.16. The Balaban J connectivity index is 2.54. The molecule has 1 aromatic carbocycles. The lowest BCUT2D eigenvalue weighted by molar-refractivity contribution is 0.0652. The number of carboxylic acid groups (broad SMARTS) is 1. The molecule has 0 aliphatic heterocycles. The van der Waals surface area contributed by atoms with Crippen molar-refractivity contribution in [3.05, 3.63) is 35.6 Å². The largest absolute Gasteiger partial charge is 0.475 e. The van der Waals surface area contributed by atoms with Crippen molar-refractivity contribution in [1.82, 2.24) is 5.16 Å². The zero-order chi connectivity index (χ0) is 14.2. The normalized spacial score (nSPS) is 11.5. The predicted molar refractivity (Wildman–Crippen MR) is 66.7 cm³/mol. The molecule has 0 radical (unpaired) electrons. The molecule has 0 unspecified atom stereocenters. The summed E-state index contributed by atoms with van der Waals surface area (Å²) < 4.78 is 27.9. The van der Waals surface area contributed by atoms with Gasteiger partial charge in [0.2, 0.25) is 5.76 Å². The van der Waals surface area contributed by atoms with Crippen molar-refractivity contribution in [2.24, 2.45) is 0 Å². The van der Waals surface area contributed by atoms with Crippen LogP contribution in [0.4, 0.5) is 0 Å². The van der Waals surface area contributed by atoms with Crippen LogP contribution in [0.1, 0.15) is 16.1 Å². The summed E-state index contributed by atoms with van der Waals surface area (Å²) in [5.74, 6) is -1.52. The van der Waals surface area contributed by atoms with Gasteiger partial charge in [0, 0.05) is 17.9 Å². The highest BCUT2D eigenvalue weighted by molar-refractivity contribution is 7.90. The fourth-order valence-corrected chi connectivity index (χ4v) is 2.66. The number of hydrogen-bond acceptors (Lipinski definition) is 5. The molecule has 19 heavy (non-hydrogen) atoms. The van der Waals surface area contributed by atoms with E-state index in [1.54, 1.807) is 19.1 Å². The van der Waals surface area contributed by atoms with Gasteiger partial charge in [-0.25, -0.2) is 13.2 Å². The van der Waals surface area contributed by atoms with Gasteiger partial charge in [0.1, 0.15) is 5.69 Å². The Hall–Kier alpha value is -2.15. The third-order valence-electron chi connectivity index (χ3n) is 2.60. The van der Waals surface area contributed by atoms with Gasteiger partial charge in [-0.15, -0.1) is 0 Å². The Morgan fingerprint density at radius 3 is 2.53 bits per heavy atom. The lowest BCUT2D eigenvalue weighted by Gasteiger charge is -2.05. The minimum atomic E-state index is -3.35. The van der Waals surface area contributed by atoms with E-state index in [2.05, 4.69) is 9.68 Å². The van der Waals surface area contributed by atoms with Gasteiger partial charge in [-0.3, -0.25) is 0 Å². The molecule has 6 nitrogen and oxygen atoms in total. The van der Waals surface area contributed by atoms with E-state index in [1.807, 2.05) is 0 Å². The van der Waals surface area contributed by atoms with Crippen LogP contribution in [-0.4, -0.2) is 30.9 Å². The molecule has 0 atom stereocenters. The van der Waals surface area contributed by atoms with Gasteiger partial charge in [-0.2, -0.15) is 0 Å². The second-order valence-electron chi connectivity index (χ2n) is 4.13. The second-order valence-corrected chi connectivity index (χ2v) is 6.12. The molecule has 0 fully saturated rings. The molecular weight excluding hydrogens is 270 g/mol. The summed E-state index contributed by atoms with van der Waals surface area (Å²) in [7, 11) is -3.35. The average Bonchev–Trinajstić information content (AvgIpc) is 2.77. The van der Waals surface area contributed by atoms with E-state index in [1.165, 1.54) is 12.1 Å². The van der Waals surface area contributed by atoms with Crippen molar-refractivity contribution in [2.45, 2.75) is 11.8 Å². The number of aromatic nitrogens is 1. The van der Waals surface area contributed by atoms with Crippen molar-refractivity contribution in [3.63, 3.8) is 0 Å². The quantitative estimate of drug-likeness (QED) is 0.920. The van der Waals surface area contributed by atoms with E-state index in [4.69, 9.17) is 5.11 Å². The Kier molecular flexibility index (Phi) is 3.15. The molecule has 2 aromatic rings. The number of benzene rings is 1. The minimum Gasteiger partial charge on any atom is -0.475 e. The number of carboxylic acids is 1. The molecule has 1 aromatic heterocycles. The van der Waals surface area contributed by atoms with Crippen molar-refractivity contribution in [1.29, 1.82) is 0 Å². The monoisotopic (exact) mass is 281 g/mol. The number of rotatable bonds is 3. The number of carbonyl (C=O) groups is 1. The first-order valence-corrected chi connectivity index (χ1v) is 7.19. The van der Waals surface area contributed by atoms with Gasteiger partial charge in [-0.05, 0) is 18.6 Å². The first kappa shape index (κ1) is 13.3. The molecule has 100 valence electrons. The van der Waals surface area contributed by atoms with E-state index in [-0.39, 0.29) is 16.3 Å². The van der Waals surface area contributed by atoms with Gasteiger partial charge in [-0.1, -0.05) is 17.3 Å². The maximum absolute atomic E-state index is 11.6. The van der Waals surface area contributed by atoms with Gasteiger partial charge < -0.3 is 9.63 Å². The Morgan fingerprint density at radius 1 is 1.32 bits per heavy atom. The van der Waals surface area contributed by atoms with Crippen LogP contribution in [0.2, 0.25) is 0 Å². The van der Waals surface area contributed by atoms with Crippen LogP contribution >= 0.6 is 0 Å². The lowest BCUT2D eigenvalue weighted by atomic mass is 10.1. The molecular formula is C12H11NO5S. The highest BCUT2D eigenvalue weighted by atomic mass is 32.2. The third-order valence-corrected chi connectivity index (χ3v) is 3.84. The molecule has 0 amide bonds. The van der Waals surface area contributed by atoms with E-state index >= 15 is 0 Å². The number of aryl methyl sites for hydroxylation is 1. The SMILES string of the molecule is Cc1ccc(-c2cc(C(=O)O)on2)cc1S(C)(=O)=O. The highest BCUT2D eigenvalue weighted by Crippen LogP contribution is 2.24. The summed E-state index contributed by atoms with van der Waals surface area (Å²) in [5.41, 5.74) is 1.39. The first-order valence-electron chi connectivity index (χ1n) is 5.30. The minimum absolute atomic E-state index is 0.185. The number of sulfone groups is 1. The smallest absolute Gasteiger partial charge is 0.374 e. The third kappa shape index (κ3) is 2.65. The van der Waals surface area contributed by atoms with Crippen molar-refractivity contribution >= 4 is 15.8 Å². The van der Waals surface area contributed by atoms with Crippen LogP contribution in [0.15, 0.2) is 33.7 Å². The van der Waals surface area contributed by atoms with Crippen LogP contribution in [0.5, 0.6) is 0 Å². The maximum atomic E-state index is 11.6. The number of hydrogen-bond donors (Lipinski definition) is 1. The van der Waals surface area contributed by atoms with Crippen molar-refractivity contribution < 1.29 is 22.8 Å². The number of aromatic carboxylic acids is 1. The molecule has 2 rings (SSSR count). The van der Waals surface area contributed by atoms with Gasteiger partial charge >= 0.3 is 5.97 Å². The first-order chi connectivity index (χ1) is 8.79. The van der Waals surface area contributed by atoms with Gasteiger partial charge in [0.05, 0.1) is 4.90 Å². The molecule has 1 heterocycles. The number of nitrogens with zero attached hydrogens (tertiary/aromatic N) is 1. The zero-order valence-electron chi connectivity index (χ0n) is 10.2. The molecule has 7 heteroatoms. The molecule has 0 aliphatic carbocycles. The summed E-state index contributed by atoms with van der Waals surface area (Å²) in [4.78, 5) is 10.9. The van der Waals surface area contributed by atoms with E-state index in [9.17, 15) is 13.2 Å². The Labute approximate surface area is 109 Å². The Bertz CT molecular complexity index is 745. The standard InChI is InChI=1S/C12H11NO5S/c1-7-3-4-8(5-11(7)19(2,16)17)9-6-10(12(14)15)18-13-9/h3-6H,1-2H3,(H,14,15). The summed E-state index contributed by atoms with van der Waals surface area (Å²) in [6.45, 7) is 1.69. The van der Waals surface area contributed by atoms with Crippen LogP contribution in [-0.2, 0) is 9.84 Å². The van der Waals surface area contributed by atoms with E-state index in [0.29, 0.717) is 11.1 Å². The summed E-state index contributed by atoms with van der Waals surface area (Å²) in [6, 6.07) is 6.00. The zero-order valence-corrected chi connectivity index (χ0v) is 11.1. The lowest BCUT2D eigenvalue weighted by Crippen LogP contribution is -2.00. The molecule has 0 bridgehead atoms. The van der Waals surface area contributed by atoms with Crippen LogP contribution in [0, 0.1) is 6.92 Å². The second kappa shape index (κ2) is 4.51. The topological polar surface area (TPSA) is 97.5 Å². The summed E-state index contributed by atoms with van der Waals surface area (Å²) >= 11 is 0. The molecule has 0 aliphatic rings. The Morgan fingerprint density at radius 2 is 2.00 bits per heavy atom. The van der Waals surface area contributed by atoms with E-state index < -0.39 is 15.8 Å². The van der Waals surface area contributed by atoms with Crippen molar-refractivity contribution in [3.8, 4) is 11.3 Å². The molecule has 0 saturated heterocycles. The van der Waals surface area contributed by atoms with Crippen LogP contribution in [0.25, 0.3) is 11.3 Å². The van der Waals surface area contributed by atoms with Gasteiger partial charge in [0.15, 0.2) is 9.84 Å². The van der Waals surface area contributed by atoms with Gasteiger partial charge in [0.25, 0.3) is 0 Å². The van der Waals surface area contributed by atoms with E-state index in [0.717, 1.165) is 6.26 Å². The predicted octanol–water partition coefficient (Wildman–Crippen LogP) is 1.75. The molecule has 0 saturated carbocycles. The summed E-state index contributed by atoms with van der Waals surface area (Å²) in [5, 5.41) is 12.4. The summed E-state index contributed by atoms with van der Waals surface area (Å²) in [6.07, 6.45) is 1.12. The molecule has 1 N–H and O–H groups in total. The fourth-order valence-electron chi connectivity index (χ4n) is 1.67. The average molecular weight is 281 g/mol. The maximum Gasteiger partial charge on any atom is 0.374 e. The van der Waals surface area contributed by atoms with Crippen LogP contribution in [0.3, 0.4) is 0 Å². The van der Waals surface area contributed by atoms with Crippen molar-refractivity contribution in [2.75, 3.05) is 6.26 Å². The fraction of sp³-hybridized carbons (Fsp3) is 0.167. The van der Waals surface area contributed by atoms with Crippen LogP contribution < -0.4 is 0 Å².